The predicted octanol–water partition coefficient (Wildman–Crippen LogP) is 3.78. The summed E-state index contributed by atoms with van der Waals surface area (Å²) >= 11 is 6.20. The Morgan fingerprint density at radius 3 is 2.50 bits per heavy atom. The molecule has 0 atom stereocenters. The number of benzene rings is 2. The van der Waals surface area contributed by atoms with Gasteiger partial charge in [-0.15, -0.1) is 0 Å². The van der Waals surface area contributed by atoms with Gasteiger partial charge in [0.25, 0.3) is 5.91 Å². The van der Waals surface area contributed by atoms with Crippen LogP contribution >= 0.6 is 24.0 Å². The van der Waals surface area contributed by atoms with Crippen molar-refractivity contribution in [1.82, 2.24) is 5.01 Å². The van der Waals surface area contributed by atoms with Crippen LogP contribution in [0.3, 0.4) is 0 Å². The van der Waals surface area contributed by atoms with E-state index in [-0.39, 0.29) is 37.7 Å². The van der Waals surface area contributed by atoms with Crippen LogP contribution in [0, 0.1) is 5.82 Å². The summed E-state index contributed by atoms with van der Waals surface area (Å²) in [4.78, 5) is 24.7. The molecule has 1 saturated heterocycles. The summed E-state index contributed by atoms with van der Waals surface area (Å²) in [6, 6.07) is 8.62. The summed E-state index contributed by atoms with van der Waals surface area (Å²) in [5, 5.41) is 14.7. The van der Waals surface area contributed by atoms with Crippen molar-refractivity contribution in [1.29, 1.82) is 0 Å². The number of methoxy groups -OCH3 is 2. The molecule has 2 aromatic carbocycles. The molecule has 0 aromatic heterocycles. The molecule has 7 nitrogen and oxygen atoms in total. The summed E-state index contributed by atoms with van der Waals surface area (Å²) in [5.74, 6) is -1.83. The monoisotopic (exact) mass is 446 g/mol. The molecule has 1 fully saturated rings. The first kappa shape index (κ1) is 21.5. The molecule has 30 heavy (non-hydrogen) atoms. The smallest absolute Gasteiger partial charge is 0.340 e. The van der Waals surface area contributed by atoms with Gasteiger partial charge in [0, 0.05) is 0 Å². The summed E-state index contributed by atoms with van der Waals surface area (Å²) in [5.41, 5.74) is 0.697. The van der Waals surface area contributed by atoms with Crippen molar-refractivity contribution in [2.75, 3.05) is 14.2 Å². The lowest BCUT2D eigenvalue weighted by atomic mass is 10.0. The third-order valence-electron chi connectivity index (χ3n) is 4.04. The molecule has 154 valence electrons. The number of ether oxygens (including phenoxy) is 2. The van der Waals surface area contributed by atoms with E-state index in [0.29, 0.717) is 5.56 Å². The number of carboxylic acids is 1. The molecule has 0 unspecified atom stereocenters. The van der Waals surface area contributed by atoms with Crippen LogP contribution in [0.15, 0.2) is 46.4 Å². The van der Waals surface area contributed by atoms with Crippen molar-refractivity contribution in [2.24, 2.45) is 5.10 Å². The molecule has 2 aromatic rings. The molecule has 0 saturated carbocycles. The Morgan fingerprint density at radius 2 is 1.90 bits per heavy atom. The lowest BCUT2D eigenvalue weighted by Crippen LogP contribution is -2.22. The van der Waals surface area contributed by atoms with Gasteiger partial charge in [0.2, 0.25) is 0 Å². The van der Waals surface area contributed by atoms with Crippen molar-refractivity contribution >= 4 is 52.5 Å². The van der Waals surface area contributed by atoms with Gasteiger partial charge in [-0.3, -0.25) is 4.79 Å². The van der Waals surface area contributed by atoms with Gasteiger partial charge in [0.15, 0.2) is 15.8 Å². The Kier molecular flexibility index (Phi) is 6.48. The second kappa shape index (κ2) is 9.06. The minimum atomic E-state index is -1.23. The summed E-state index contributed by atoms with van der Waals surface area (Å²) in [7, 11) is 2.73. The van der Waals surface area contributed by atoms with E-state index in [2.05, 4.69) is 5.10 Å². The molecule has 1 heterocycles. The number of rotatable bonds is 6. The fourth-order valence-electron chi connectivity index (χ4n) is 2.66. The number of carbonyl (C=O) groups excluding carboxylic acids is 1. The average Bonchev–Trinajstić information content (AvgIpc) is 2.99. The lowest BCUT2D eigenvalue weighted by Gasteiger charge is -2.12. The molecule has 0 spiro atoms. The number of hydrazone groups is 1. The number of carbonyl (C=O) groups is 2. The number of hydrogen-bond donors (Lipinski definition) is 1. The summed E-state index contributed by atoms with van der Waals surface area (Å²) in [6.45, 7) is 0. The Balaban J connectivity index is 1.94. The van der Waals surface area contributed by atoms with Crippen LogP contribution in [0.4, 0.5) is 4.39 Å². The van der Waals surface area contributed by atoms with E-state index in [9.17, 15) is 19.1 Å². The number of hydrogen-bond acceptors (Lipinski definition) is 7. The van der Waals surface area contributed by atoms with Gasteiger partial charge in [-0.1, -0.05) is 30.0 Å². The molecule has 0 radical (unpaired) electrons. The minimum absolute atomic E-state index is 0.0450. The Hall–Kier alpha value is -3.24. The highest BCUT2D eigenvalue weighted by Crippen LogP contribution is 2.37. The number of amides is 1. The maximum Gasteiger partial charge on any atom is 0.340 e. The highest BCUT2D eigenvalue weighted by molar-refractivity contribution is 8.26. The zero-order valence-electron chi connectivity index (χ0n) is 15.8. The van der Waals surface area contributed by atoms with Crippen LogP contribution in [-0.4, -0.2) is 46.7 Å². The second-order valence-electron chi connectivity index (χ2n) is 5.86. The van der Waals surface area contributed by atoms with Gasteiger partial charge in [-0.25, -0.2) is 9.18 Å². The van der Waals surface area contributed by atoms with E-state index < -0.39 is 11.9 Å². The van der Waals surface area contributed by atoms with E-state index in [4.69, 9.17) is 21.7 Å². The van der Waals surface area contributed by atoms with Gasteiger partial charge in [0.1, 0.15) is 11.4 Å². The lowest BCUT2D eigenvalue weighted by molar-refractivity contribution is -0.122. The summed E-state index contributed by atoms with van der Waals surface area (Å²) in [6.07, 6.45) is 2.80. The largest absolute Gasteiger partial charge is 0.493 e. The SMILES string of the molecule is COc1ccc(/C=C2/SC(=S)N(/N=C/c3ccc(F)cc3)C2=O)c(C(=O)O)c1OC. The quantitative estimate of drug-likeness (QED) is 0.410. The van der Waals surface area contributed by atoms with E-state index in [0.717, 1.165) is 16.8 Å². The number of halogens is 1. The third-order valence-corrected chi connectivity index (χ3v) is 5.33. The maximum absolute atomic E-state index is 13.0. The number of nitrogens with zero attached hydrogens (tertiary/aromatic N) is 2. The second-order valence-corrected chi connectivity index (χ2v) is 7.54. The van der Waals surface area contributed by atoms with E-state index in [1.54, 1.807) is 6.07 Å². The molecule has 10 heteroatoms. The first-order valence-corrected chi connectivity index (χ1v) is 9.64. The molecule has 0 aliphatic carbocycles. The molecule has 3 rings (SSSR count). The van der Waals surface area contributed by atoms with Crippen molar-refractivity contribution in [3.05, 3.63) is 63.8 Å². The fourth-order valence-corrected chi connectivity index (χ4v) is 3.82. The highest BCUT2D eigenvalue weighted by Gasteiger charge is 2.33. The van der Waals surface area contributed by atoms with Crippen molar-refractivity contribution < 1.29 is 28.6 Å². The van der Waals surface area contributed by atoms with E-state index in [1.165, 1.54) is 56.8 Å². The summed E-state index contributed by atoms with van der Waals surface area (Å²) < 4.78 is 23.5. The Labute approximate surface area is 180 Å². The predicted molar refractivity (Wildman–Crippen MR) is 116 cm³/mol. The maximum atomic E-state index is 13.0. The first-order valence-electron chi connectivity index (χ1n) is 8.41. The van der Waals surface area contributed by atoms with Gasteiger partial charge in [0.05, 0.1) is 25.3 Å². The fraction of sp³-hybridized carbons (Fsp3) is 0.100. The number of thiocarbonyl (C=S) groups is 1. The number of aromatic carboxylic acids is 1. The van der Waals surface area contributed by atoms with Gasteiger partial charge in [-0.05, 0) is 47.6 Å². The number of thioether (sulfide) groups is 1. The van der Waals surface area contributed by atoms with Gasteiger partial charge < -0.3 is 14.6 Å². The van der Waals surface area contributed by atoms with E-state index >= 15 is 0 Å². The standard InChI is InChI=1S/C20H15FN2O5S2/c1-27-14-8-5-12(16(19(25)26)17(14)28-2)9-15-18(24)23(20(29)30-15)22-10-11-3-6-13(21)7-4-11/h3-10H,1-2H3,(H,25,26)/b15-9+,22-10+. The normalized spacial score (nSPS) is 15.3. The third kappa shape index (κ3) is 4.34. The molecule has 1 aliphatic heterocycles. The minimum Gasteiger partial charge on any atom is -0.493 e. The van der Waals surface area contributed by atoms with Crippen LogP contribution < -0.4 is 9.47 Å². The molecule has 1 amide bonds. The molecular formula is C20H15FN2O5S2. The first-order chi connectivity index (χ1) is 14.3. The van der Waals surface area contributed by atoms with E-state index in [1.807, 2.05) is 0 Å². The van der Waals surface area contributed by atoms with Crippen molar-refractivity contribution in [3.8, 4) is 11.5 Å². The van der Waals surface area contributed by atoms with Gasteiger partial charge in [-0.2, -0.15) is 10.1 Å². The zero-order chi connectivity index (χ0) is 21.8. The van der Waals surface area contributed by atoms with Crippen LogP contribution in [-0.2, 0) is 4.79 Å². The topological polar surface area (TPSA) is 88.4 Å². The Bertz CT molecular complexity index is 1080. The van der Waals surface area contributed by atoms with Crippen LogP contribution in [0.2, 0.25) is 0 Å². The molecular weight excluding hydrogens is 431 g/mol. The van der Waals surface area contributed by atoms with Crippen LogP contribution in [0.5, 0.6) is 11.5 Å². The molecule has 1 N–H and O–H groups in total. The Morgan fingerprint density at radius 1 is 1.20 bits per heavy atom. The highest BCUT2D eigenvalue weighted by atomic mass is 32.2. The zero-order valence-corrected chi connectivity index (χ0v) is 17.4. The van der Waals surface area contributed by atoms with Crippen molar-refractivity contribution in [3.63, 3.8) is 0 Å². The van der Waals surface area contributed by atoms with Crippen LogP contribution in [0.1, 0.15) is 21.5 Å². The van der Waals surface area contributed by atoms with Crippen LogP contribution in [0.25, 0.3) is 6.08 Å². The van der Waals surface area contributed by atoms with Crippen molar-refractivity contribution in [2.45, 2.75) is 0 Å². The molecule has 1 aliphatic rings. The van der Waals surface area contributed by atoms with Gasteiger partial charge >= 0.3 is 5.97 Å². The molecule has 0 bridgehead atoms. The number of carboxylic acid groups (broad SMARTS) is 1. The average molecular weight is 446 g/mol.